The van der Waals surface area contributed by atoms with Gasteiger partial charge in [0.1, 0.15) is 0 Å². The molecule has 0 bridgehead atoms. The van der Waals surface area contributed by atoms with Gasteiger partial charge in [-0.15, -0.1) is 0 Å². The first-order valence-corrected chi connectivity index (χ1v) is 5.72. The van der Waals surface area contributed by atoms with E-state index in [1.807, 2.05) is 0 Å². The molecule has 104 valence electrons. The maximum atomic E-state index is 12.5. The quantitative estimate of drug-likeness (QED) is 0.792. The number of anilines is 1. The number of amides is 2. The predicted octanol–water partition coefficient (Wildman–Crippen LogP) is 2.35. The molecule has 1 saturated carbocycles. The SMILES string of the molecule is O=C(Nc1cccc(C(F)(F)F)c1)NC1(CO)CC1. The van der Waals surface area contributed by atoms with E-state index in [0.717, 1.165) is 12.1 Å². The molecule has 1 fully saturated rings. The molecule has 0 atom stereocenters. The maximum absolute atomic E-state index is 12.5. The molecule has 0 aliphatic heterocycles. The molecular formula is C12H13F3N2O2. The zero-order valence-corrected chi connectivity index (χ0v) is 9.92. The average molecular weight is 274 g/mol. The predicted molar refractivity (Wildman–Crippen MR) is 62.6 cm³/mol. The van der Waals surface area contributed by atoms with Crippen LogP contribution in [0.1, 0.15) is 18.4 Å². The maximum Gasteiger partial charge on any atom is 0.416 e. The third-order valence-corrected chi connectivity index (χ3v) is 2.98. The number of hydrogen-bond acceptors (Lipinski definition) is 2. The van der Waals surface area contributed by atoms with Gasteiger partial charge in [-0.05, 0) is 31.0 Å². The third-order valence-electron chi connectivity index (χ3n) is 2.98. The molecule has 1 aliphatic carbocycles. The van der Waals surface area contributed by atoms with Crippen LogP contribution in [-0.2, 0) is 6.18 Å². The van der Waals surface area contributed by atoms with Gasteiger partial charge in [0.15, 0.2) is 0 Å². The molecule has 0 unspecified atom stereocenters. The Balaban J connectivity index is 2.01. The van der Waals surface area contributed by atoms with Crippen molar-refractivity contribution in [3.05, 3.63) is 29.8 Å². The number of hydrogen-bond donors (Lipinski definition) is 3. The van der Waals surface area contributed by atoms with Crippen LogP contribution < -0.4 is 10.6 Å². The summed E-state index contributed by atoms with van der Waals surface area (Å²) in [5.41, 5.74) is -1.37. The van der Waals surface area contributed by atoms with E-state index >= 15 is 0 Å². The van der Waals surface area contributed by atoms with Crippen molar-refractivity contribution in [3.8, 4) is 0 Å². The van der Waals surface area contributed by atoms with Gasteiger partial charge in [-0.2, -0.15) is 13.2 Å². The summed E-state index contributed by atoms with van der Waals surface area (Å²) in [6, 6.07) is 3.76. The minimum absolute atomic E-state index is 0.0565. The van der Waals surface area contributed by atoms with Gasteiger partial charge in [-0.1, -0.05) is 6.07 Å². The second-order valence-corrected chi connectivity index (χ2v) is 4.60. The summed E-state index contributed by atoms with van der Waals surface area (Å²) in [6.07, 6.45) is -3.12. The lowest BCUT2D eigenvalue weighted by Gasteiger charge is -2.15. The van der Waals surface area contributed by atoms with E-state index in [4.69, 9.17) is 5.11 Å². The molecule has 2 rings (SSSR count). The zero-order valence-electron chi connectivity index (χ0n) is 9.92. The van der Waals surface area contributed by atoms with Crippen LogP contribution in [0.25, 0.3) is 0 Å². The van der Waals surface area contributed by atoms with Gasteiger partial charge in [0.25, 0.3) is 0 Å². The summed E-state index contributed by atoms with van der Waals surface area (Å²) < 4.78 is 37.4. The van der Waals surface area contributed by atoms with Crippen molar-refractivity contribution in [2.75, 3.05) is 11.9 Å². The van der Waals surface area contributed by atoms with Crippen LogP contribution in [0.15, 0.2) is 24.3 Å². The fraction of sp³-hybridized carbons (Fsp3) is 0.417. The van der Waals surface area contributed by atoms with Gasteiger partial charge in [0, 0.05) is 5.69 Å². The van der Waals surface area contributed by atoms with Gasteiger partial charge in [-0.25, -0.2) is 4.79 Å². The van der Waals surface area contributed by atoms with E-state index in [1.54, 1.807) is 0 Å². The summed E-state index contributed by atoms with van der Waals surface area (Å²) in [7, 11) is 0. The molecule has 0 saturated heterocycles. The summed E-state index contributed by atoms with van der Waals surface area (Å²) >= 11 is 0. The number of benzene rings is 1. The van der Waals surface area contributed by atoms with Crippen molar-refractivity contribution >= 4 is 11.7 Å². The van der Waals surface area contributed by atoms with Crippen LogP contribution in [-0.4, -0.2) is 23.3 Å². The highest BCUT2D eigenvalue weighted by molar-refractivity contribution is 5.90. The number of alkyl halides is 3. The van der Waals surface area contributed by atoms with Crippen molar-refractivity contribution < 1.29 is 23.1 Å². The molecule has 0 aromatic heterocycles. The standard InChI is InChI=1S/C12H13F3N2O2/c13-12(14,15)8-2-1-3-9(6-8)16-10(19)17-11(7-18)4-5-11/h1-3,6,18H,4-5,7H2,(H2,16,17,19). The Bertz CT molecular complexity index is 484. The number of rotatable bonds is 3. The Kier molecular flexibility index (Phi) is 3.40. The van der Waals surface area contributed by atoms with E-state index < -0.39 is 23.3 Å². The first-order chi connectivity index (χ1) is 8.85. The molecule has 0 radical (unpaired) electrons. The zero-order chi connectivity index (χ0) is 14.1. The summed E-state index contributed by atoms with van der Waals surface area (Å²) in [4.78, 5) is 11.6. The monoisotopic (exact) mass is 274 g/mol. The lowest BCUT2D eigenvalue weighted by Crippen LogP contribution is -2.42. The Morgan fingerprint density at radius 1 is 1.37 bits per heavy atom. The first kappa shape index (κ1) is 13.7. The minimum Gasteiger partial charge on any atom is -0.394 e. The van der Waals surface area contributed by atoms with Crippen LogP contribution in [0.4, 0.5) is 23.7 Å². The largest absolute Gasteiger partial charge is 0.416 e. The molecule has 1 aromatic rings. The van der Waals surface area contributed by atoms with E-state index in [2.05, 4.69) is 10.6 Å². The number of carbonyl (C=O) groups is 1. The molecule has 3 N–H and O–H groups in total. The highest BCUT2D eigenvalue weighted by atomic mass is 19.4. The fourth-order valence-electron chi connectivity index (χ4n) is 1.65. The molecule has 0 heterocycles. The fourth-order valence-corrected chi connectivity index (χ4v) is 1.65. The Hall–Kier alpha value is -1.76. The van der Waals surface area contributed by atoms with Crippen LogP contribution >= 0.6 is 0 Å². The van der Waals surface area contributed by atoms with E-state index in [1.165, 1.54) is 12.1 Å². The highest BCUT2D eigenvalue weighted by Crippen LogP contribution is 2.34. The lowest BCUT2D eigenvalue weighted by atomic mass is 10.2. The van der Waals surface area contributed by atoms with Crippen molar-refractivity contribution in [3.63, 3.8) is 0 Å². The molecule has 19 heavy (non-hydrogen) atoms. The van der Waals surface area contributed by atoms with Gasteiger partial charge in [0.05, 0.1) is 17.7 Å². The van der Waals surface area contributed by atoms with E-state index in [0.29, 0.717) is 12.8 Å². The normalized spacial score (nSPS) is 16.8. The van der Waals surface area contributed by atoms with E-state index in [9.17, 15) is 18.0 Å². The Labute approximate surface area is 107 Å². The summed E-state index contributed by atoms with van der Waals surface area (Å²) in [6.45, 7) is -0.178. The van der Waals surface area contributed by atoms with Crippen molar-refractivity contribution in [1.29, 1.82) is 0 Å². The second-order valence-electron chi connectivity index (χ2n) is 4.60. The van der Waals surface area contributed by atoms with Gasteiger partial charge in [-0.3, -0.25) is 0 Å². The number of carbonyl (C=O) groups excluding carboxylic acids is 1. The average Bonchev–Trinajstić information content (AvgIpc) is 3.08. The van der Waals surface area contributed by atoms with Gasteiger partial charge >= 0.3 is 12.2 Å². The molecule has 2 amide bonds. The number of urea groups is 1. The van der Waals surface area contributed by atoms with Crippen molar-refractivity contribution in [2.45, 2.75) is 24.6 Å². The molecule has 4 nitrogen and oxygen atoms in total. The Morgan fingerprint density at radius 2 is 2.05 bits per heavy atom. The van der Waals surface area contributed by atoms with E-state index in [-0.39, 0.29) is 12.3 Å². The number of aliphatic hydroxyl groups is 1. The summed E-state index contributed by atoms with van der Waals surface area (Å²) in [5, 5.41) is 13.9. The van der Waals surface area contributed by atoms with Crippen LogP contribution in [0, 0.1) is 0 Å². The third kappa shape index (κ3) is 3.37. The van der Waals surface area contributed by atoms with Gasteiger partial charge < -0.3 is 15.7 Å². The number of halogens is 3. The first-order valence-electron chi connectivity index (χ1n) is 5.72. The topological polar surface area (TPSA) is 61.4 Å². The van der Waals surface area contributed by atoms with Crippen LogP contribution in [0.2, 0.25) is 0 Å². The van der Waals surface area contributed by atoms with Crippen molar-refractivity contribution in [1.82, 2.24) is 5.32 Å². The molecular weight excluding hydrogens is 261 g/mol. The van der Waals surface area contributed by atoms with Crippen LogP contribution in [0.3, 0.4) is 0 Å². The van der Waals surface area contributed by atoms with Crippen LogP contribution in [0.5, 0.6) is 0 Å². The minimum atomic E-state index is -4.45. The summed E-state index contributed by atoms with van der Waals surface area (Å²) in [5.74, 6) is 0. The number of nitrogens with one attached hydrogen (secondary N) is 2. The molecule has 7 heteroatoms. The smallest absolute Gasteiger partial charge is 0.394 e. The lowest BCUT2D eigenvalue weighted by molar-refractivity contribution is -0.137. The highest BCUT2D eigenvalue weighted by Gasteiger charge is 2.43. The van der Waals surface area contributed by atoms with Crippen molar-refractivity contribution in [2.24, 2.45) is 0 Å². The molecule has 1 aliphatic rings. The molecule has 1 aromatic carbocycles. The molecule has 0 spiro atoms. The second kappa shape index (κ2) is 4.73. The van der Waals surface area contributed by atoms with Gasteiger partial charge in [0.2, 0.25) is 0 Å². The number of aliphatic hydroxyl groups excluding tert-OH is 1. The Morgan fingerprint density at radius 3 is 2.58 bits per heavy atom.